The molecule has 7 nitrogen and oxygen atoms in total. The highest BCUT2D eigenvalue weighted by molar-refractivity contribution is 9.10. The van der Waals surface area contributed by atoms with E-state index in [2.05, 4.69) is 31.8 Å². The summed E-state index contributed by atoms with van der Waals surface area (Å²) < 4.78 is 19.1. The maximum Gasteiger partial charge on any atom is 0.344 e. The van der Waals surface area contributed by atoms with E-state index in [1.54, 1.807) is 48.5 Å². The van der Waals surface area contributed by atoms with Gasteiger partial charge in [-0.25, -0.2) is 14.6 Å². The van der Waals surface area contributed by atoms with Crippen LogP contribution in [0.4, 0.5) is 4.39 Å². The number of carbonyl (C=O) groups excluding carboxylic acids is 3. The second-order valence-corrected chi connectivity index (χ2v) is 7.28. The summed E-state index contributed by atoms with van der Waals surface area (Å²) in [5, 5.41) is 6.18. The molecular weight excluding hydrogens is 481 g/mol. The Morgan fingerprint density at radius 3 is 2.47 bits per heavy atom. The number of esters is 1. The summed E-state index contributed by atoms with van der Waals surface area (Å²) >= 11 is 3.30. The number of rotatable bonds is 7. The fourth-order valence-electron chi connectivity index (χ4n) is 2.52. The normalized spacial score (nSPS) is 10.6. The SMILES string of the molecule is O=C(CNC(=O)c1cccc(F)c1)N/N=C\c1ccc(OC(=O)c2ccccc2Br)cc1. The first kappa shape index (κ1) is 22.8. The maximum atomic E-state index is 13.1. The average Bonchev–Trinajstić information content (AvgIpc) is 2.79. The number of nitrogens with one attached hydrogen (secondary N) is 2. The Kier molecular flexibility index (Phi) is 7.82. The zero-order chi connectivity index (χ0) is 22.9. The van der Waals surface area contributed by atoms with Crippen LogP contribution in [0.5, 0.6) is 5.75 Å². The number of benzene rings is 3. The molecule has 0 heterocycles. The molecule has 0 aliphatic carbocycles. The van der Waals surface area contributed by atoms with E-state index >= 15 is 0 Å². The van der Waals surface area contributed by atoms with Crippen molar-refractivity contribution in [2.24, 2.45) is 5.10 Å². The predicted molar refractivity (Wildman–Crippen MR) is 120 cm³/mol. The minimum absolute atomic E-state index is 0.113. The lowest BCUT2D eigenvalue weighted by Gasteiger charge is -2.06. The van der Waals surface area contributed by atoms with Gasteiger partial charge in [-0.2, -0.15) is 5.10 Å². The van der Waals surface area contributed by atoms with Gasteiger partial charge < -0.3 is 10.1 Å². The summed E-state index contributed by atoms with van der Waals surface area (Å²) in [6, 6.07) is 18.6. The lowest BCUT2D eigenvalue weighted by Crippen LogP contribution is -2.34. The topological polar surface area (TPSA) is 96.9 Å². The molecule has 3 rings (SSSR count). The van der Waals surface area contributed by atoms with Crippen molar-refractivity contribution in [3.63, 3.8) is 0 Å². The molecule has 0 aliphatic rings. The Balaban J connectivity index is 1.46. The zero-order valence-electron chi connectivity index (χ0n) is 16.5. The highest BCUT2D eigenvalue weighted by atomic mass is 79.9. The number of nitrogens with zero attached hydrogens (tertiary/aromatic N) is 1. The molecule has 0 aromatic heterocycles. The van der Waals surface area contributed by atoms with E-state index in [1.165, 1.54) is 24.4 Å². The number of carbonyl (C=O) groups is 3. The van der Waals surface area contributed by atoms with E-state index in [9.17, 15) is 18.8 Å². The molecule has 0 saturated carbocycles. The lowest BCUT2D eigenvalue weighted by atomic mass is 10.2. The first-order valence-corrected chi connectivity index (χ1v) is 10.1. The quantitative estimate of drug-likeness (QED) is 0.225. The van der Waals surface area contributed by atoms with Crippen LogP contribution in [0.25, 0.3) is 0 Å². The molecule has 0 radical (unpaired) electrons. The molecule has 3 aromatic rings. The van der Waals surface area contributed by atoms with Crippen molar-refractivity contribution < 1.29 is 23.5 Å². The molecule has 2 amide bonds. The molecule has 0 fully saturated rings. The molecule has 9 heteroatoms. The minimum Gasteiger partial charge on any atom is -0.423 e. The molecule has 0 bridgehead atoms. The number of amides is 2. The maximum absolute atomic E-state index is 13.1. The monoisotopic (exact) mass is 497 g/mol. The van der Waals surface area contributed by atoms with Gasteiger partial charge in [0.25, 0.3) is 11.8 Å². The van der Waals surface area contributed by atoms with Crippen molar-refractivity contribution in [2.75, 3.05) is 6.54 Å². The van der Waals surface area contributed by atoms with E-state index in [1.807, 2.05) is 0 Å². The number of hydrogen-bond donors (Lipinski definition) is 2. The van der Waals surface area contributed by atoms with Gasteiger partial charge in [-0.3, -0.25) is 9.59 Å². The van der Waals surface area contributed by atoms with Gasteiger partial charge in [0, 0.05) is 10.0 Å². The summed E-state index contributed by atoms with van der Waals surface area (Å²) in [6.07, 6.45) is 1.39. The van der Waals surface area contributed by atoms with E-state index in [0.717, 1.165) is 6.07 Å². The Hall–Kier alpha value is -3.85. The number of hydrazone groups is 1. The third-order valence-corrected chi connectivity index (χ3v) is 4.78. The van der Waals surface area contributed by atoms with Gasteiger partial charge in [0.1, 0.15) is 11.6 Å². The van der Waals surface area contributed by atoms with Crippen LogP contribution in [0.2, 0.25) is 0 Å². The Labute approximate surface area is 191 Å². The average molecular weight is 498 g/mol. The van der Waals surface area contributed by atoms with Gasteiger partial charge in [0.15, 0.2) is 0 Å². The fourth-order valence-corrected chi connectivity index (χ4v) is 2.97. The van der Waals surface area contributed by atoms with Gasteiger partial charge in [-0.15, -0.1) is 0 Å². The van der Waals surface area contributed by atoms with E-state index in [0.29, 0.717) is 21.3 Å². The highest BCUT2D eigenvalue weighted by Gasteiger charge is 2.12. The molecule has 2 N–H and O–H groups in total. The van der Waals surface area contributed by atoms with Crippen LogP contribution in [0.1, 0.15) is 26.3 Å². The second kappa shape index (κ2) is 11.0. The third-order valence-electron chi connectivity index (χ3n) is 4.08. The molecule has 0 saturated heterocycles. The van der Waals surface area contributed by atoms with Gasteiger partial charge in [-0.05, 0) is 76.1 Å². The molecule has 0 spiro atoms. The van der Waals surface area contributed by atoms with Crippen LogP contribution in [-0.2, 0) is 4.79 Å². The van der Waals surface area contributed by atoms with Crippen molar-refractivity contribution in [2.45, 2.75) is 0 Å². The molecule has 162 valence electrons. The summed E-state index contributed by atoms with van der Waals surface area (Å²) in [5.41, 5.74) is 3.44. The van der Waals surface area contributed by atoms with E-state index in [-0.39, 0.29) is 12.1 Å². The molecule has 0 atom stereocenters. The van der Waals surface area contributed by atoms with E-state index < -0.39 is 23.6 Å². The number of halogens is 2. The molecule has 32 heavy (non-hydrogen) atoms. The minimum atomic E-state index is -0.573. The predicted octanol–water partition coefficient (Wildman–Crippen LogP) is 3.69. The second-order valence-electron chi connectivity index (χ2n) is 6.42. The number of ether oxygens (including phenoxy) is 1. The number of hydrogen-bond acceptors (Lipinski definition) is 5. The van der Waals surface area contributed by atoms with Crippen LogP contribution in [0.15, 0.2) is 82.4 Å². The first-order valence-electron chi connectivity index (χ1n) is 9.35. The van der Waals surface area contributed by atoms with Crippen molar-refractivity contribution in [1.29, 1.82) is 0 Å². The standard InChI is InChI=1S/C23H17BrFN3O4/c24-20-7-2-1-6-19(20)23(31)32-18-10-8-15(9-11-18)13-27-28-21(29)14-26-22(30)16-4-3-5-17(25)12-16/h1-13H,14H2,(H,26,30)(H,28,29)/b27-13-. The van der Waals surface area contributed by atoms with Gasteiger partial charge in [-0.1, -0.05) is 18.2 Å². The van der Waals surface area contributed by atoms with Crippen molar-refractivity contribution >= 4 is 39.9 Å². The van der Waals surface area contributed by atoms with Crippen molar-refractivity contribution in [3.8, 4) is 5.75 Å². The third kappa shape index (κ3) is 6.58. The Morgan fingerprint density at radius 1 is 1.00 bits per heavy atom. The molecule has 3 aromatic carbocycles. The van der Waals surface area contributed by atoms with Crippen LogP contribution in [-0.4, -0.2) is 30.5 Å². The highest BCUT2D eigenvalue weighted by Crippen LogP contribution is 2.19. The van der Waals surface area contributed by atoms with E-state index in [4.69, 9.17) is 4.74 Å². The van der Waals surface area contributed by atoms with Crippen LogP contribution < -0.4 is 15.5 Å². The summed E-state index contributed by atoms with van der Waals surface area (Å²) in [5.74, 6) is -1.81. The zero-order valence-corrected chi connectivity index (χ0v) is 18.1. The Morgan fingerprint density at radius 2 is 1.75 bits per heavy atom. The first-order chi connectivity index (χ1) is 15.4. The van der Waals surface area contributed by atoms with Crippen LogP contribution in [0, 0.1) is 5.82 Å². The van der Waals surface area contributed by atoms with Gasteiger partial charge in [0.2, 0.25) is 0 Å². The Bertz CT molecular complexity index is 1170. The largest absolute Gasteiger partial charge is 0.423 e. The van der Waals surface area contributed by atoms with Crippen molar-refractivity contribution in [1.82, 2.24) is 10.7 Å². The molecule has 0 unspecified atom stereocenters. The van der Waals surface area contributed by atoms with Crippen LogP contribution >= 0.6 is 15.9 Å². The lowest BCUT2D eigenvalue weighted by molar-refractivity contribution is -0.120. The van der Waals surface area contributed by atoms with Gasteiger partial charge in [0.05, 0.1) is 18.3 Å². The van der Waals surface area contributed by atoms with Gasteiger partial charge >= 0.3 is 5.97 Å². The van der Waals surface area contributed by atoms with Crippen molar-refractivity contribution in [3.05, 3.63) is 99.8 Å². The molecular formula is C23H17BrFN3O4. The molecule has 0 aliphatic heterocycles. The summed E-state index contributed by atoms with van der Waals surface area (Å²) in [7, 11) is 0. The van der Waals surface area contributed by atoms with Crippen LogP contribution in [0.3, 0.4) is 0 Å². The summed E-state index contributed by atoms with van der Waals surface area (Å²) in [4.78, 5) is 35.9. The smallest absolute Gasteiger partial charge is 0.344 e. The fraction of sp³-hybridized carbons (Fsp3) is 0.0435. The summed E-state index contributed by atoms with van der Waals surface area (Å²) in [6.45, 7) is -0.323.